The van der Waals surface area contributed by atoms with Gasteiger partial charge >= 0.3 is 5.97 Å². The molecule has 0 saturated heterocycles. The van der Waals surface area contributed by atoms with Crippen molar-refractivity contribution in [3.05, 3.63) is 71.3 Å². The van der Waals surface area contributed by atoms with Crippen LogP contribution in [0.15, 0.2) is 54.6 Å². The summed E-state index contributed by atoms with van der Waals surface area (Å²) in [5, 5.41) is 0. The van der Waals surface area contributed by atoms with E-state index in [9.17, 15) is 4.79 Å². The molecule has 2 fully saturated rings. The van der Waals surface area contributed by atoms with Crippen LogP contribution in [-0.4, -0.2) is 12.6 Å². The number of esters is 1. The van der Waals surface area contributed by atoms with Crippen LogP contribution < -0.4 is 4.74 Å². The van der Waals surface area contributed by atoms with Gasteiger partial charge in [-0.05, 0) is 98.5 Å². The lowest BCUT2D eigenvalue weighted by Gasteiger charge is -2.38. The van der Waals surface area contributed by atoms with Crippen molar-refractivity contribution in [3.63, 3.8) is 0 Å². The molecular formula is C33H44O3. The van der Waals surface area contributed by atoms with Gasteiger partial charge in [-0.15, -0.1) is 0 Å². The smallest absolute Gasteiger partial charge is 0.330 e. The molecule has 0 radical (unpaired) electrons. The number of hydrogen-bond donors (Lipinski definition) is 0. The van der Waals surface area contributed by atoms with Crippen molar-refractivity contribution in [2.24, 2.45) is 17.8 Å². The Bertz CT molecular complexity index is 964. The Labute approximate surface area is 218 Å². The summed E-state index contributed by atoms with van der Waals surface area (Å²) >= 11 is 0. The van der Waals surface area contributed by atoms with Crippen molar-refractivity contribution < 1.29 is 14.3 Å². The zero-order valence-electron chi connectivity index (χ0n) is 22.3. The molecular weight excluding hydrogens is 444 g/mol. The second-order valence-corrected chi connectivity index (χ2v) is 10.8. The third-order valence-corrected chi connectivity index (χ3v) is 8.45. The van der Waals surface area contributed by atoms with E-state index < -0.39 is 0 Å². The van der Waals surface area contributed by atoms with Gasteiger partial charge in [0, 0.05) is 11.6 Å². The topological polar surface area (TPSA) is 35.5 Å². The minimum Gasteiger partial charge on any atom is -0.488 e. The standard InChI is InChI=1S/C33H44O3/c1-3-8-25-11-13-27(14-12-25)28-15-17-29(18-16-28)30-19-21-32(36-24-26-9-6-5-7-10-26)31(23-30)20-22-33(34)35-4-2/h5-7,9-10,19-23,25,27-29H,3-4,8,11-18,24H2,1-2H3/b22-20-. The van der Waals surface area contributed by atoms with Crippen LogP contribution >= 0.6 is 0 Å². The van der Waals surface area contributed by atoms with Crippen LogP contribution in [-0.2, 0) is 16.1 Å². The zero-order valence-corrected chi connectivity index (χ0v) is 22.3. The van der Waals surface area contributed by atoms with Crippen molar-refractivity contribution in [2.45, 2.75) is 90.6 Å². The Balaban J connectivity index is 1.39. The largest absolute Gasteiger partial charge is 0.488 e. The van der Waals surface area contributed by atoms with Crippen molar-refractivity contribution in [1.82, 2.24) is 0 Å². The molecule has 0 spiro atoms. The lowest BCUT2D eigenvalue weighted by atomic mass is 9.68. The highest BCUT2D eigenvalue weighted by molar-refractivity contribution is 5.87. The summed E-state index contributed by atoms with van der Waals surface area (Å²) in [6.45, 7) is 5.04. The zero-order chi connectivity index (χ0) is 25.2. The Morgan fingerprint density at radius 1 is 0.889 bits per heavy atom. The van der Waals surface area contributed by atoms with Gasteiger partial charge in [0.1, 0.15) is 12.4 Å². The third kappa shape index (κ3) is 7.48. The van der Waals surface area contributed by atoms with E-state index in [4.69, 9.17) is 9.47 Å². The monoisotopic (exact) mass is 488 g/mol. The molecule has 0 heterocycles. The van der Waals surface area contributed by atoms with E-state index in [-0.39, 0.29) is 5.97 Å². The summed E-state index contributed by atoms with van der Waals surface area (Å²) in [4.78, 5) is 12.0. The maximum atomic E-state index is 12.0. The highest BCUT2D eigenvalue weighted by atomic mass is 16.5. The van der Waals surface area contributed by atoms with E-state index in [1.165, 1.54) is 75.8 Å². The molecule has 3 nitrogen and oxygen atoms in total. The minimum absolute atomic E-state index is 0.314. The Kier molecular flexibility index (Phi) is 10.1. The fraction of sp³-hybridized carbons (Fsp3) is 0.545. The fourth-order valence-electron chi connectivity index (χ4n) is 6.45. The van der Waals surface area contributed by atoms with Crippen molar-refractivity contribution in [2.75, 3.05) is 6.61 Å². The summed E-state index contributed by atoms with van der Waals surface area (Å²) < 4.78 is 11.3. The molecule has 2 saturated carbocycles. The highest BCUT2D eigenvalue weighted by Gasteiger charge is 2.31. The molecule has 0 bridgehead atoms. The first-order valence-corrected chi connectivity index (χ1v) is 14.3. The van der Waals surface area contributed by atoms with Crippen LogP contribution in [0.3, 0.4) is 0 Å². The molecule has 0 aromatic heterocycles. The SMILES string of the molecule is CCCC1CCC(C2CCC(c3ccc(OCc4ccccc4)c(/C=C\C(=O)OCC)c3)CC2)CC1. The second-order valence-electron chi connectivity index (χ2n) is 10.8. The number of hydrogen-bond acceptors (Lipinski definition) is 3. The minimum atomic E-state index is -0.314. The first kappa shape index (κ1) is 26.5. The van der Waals surface area contributed by atoms with Crippen molar-refractivity contribution in [1.29, 1.82) is 0 Å². The summed E-state index contributed by atoms with van der Waals surface area (Å²) in [7, 11) is 0. The molecule has 0 unspecified atom stereocenters. The fourth-order valence-corrected chi connectivity index (χ4v) is 6.45. The molecule has 194 valence electrons. The number of carbonyl (C=O) groups excluding carboxylic acids is 1. The first-order valence-electron chi connectivity index (χ1n) is 14.3. The molecule has 0 N–H and O–H groups in total. The van der Waals surface area contributed by atoms with Crippen LogP contribution in [0.25, 0.3) is 6.08 Å². The molecule has 2 aliphatic carbocycles. The van der Waals surface area contributed by atoms with Crippen LogP contribution in [0.4, 0.5) is 0 Å². The van der Waals surface area contributed by atoms with E-state index in [1.54, 1.807) is 0 Å². The first-order chi connectivity index (χ1) is 17.7. The second kappa shape index (κ2) is 13.7. The Morgan fingerprint density at radius 2 is 1.58 bits per heavy atom. The highest BCUT2D eigenvalue weighted by Crippen LogP contribution is 2.45. The predicted molar refractivity (Wildman–Crippen MR) is 148 cm³/mol. The van der Waals surface area contributed by atoms with Crippen molar-refractivity contribution >= 4 is 12.0 Å². The Hall–Kier alpha value is -2.55. The number of ether oxygens (including phenoxy) is 2. The maximum Gasteiger partial charge on any atom is 0.330 e. The third-order valence-electron chi connectivity index (χ3n) is 8.45. The molecule has 0 aliphatic heterocycles. The lowest BCUT2D eigenvalue weighted by Crippen LogP contribution is -2.25. The molecule has 3 heteroatoms. The van der Waals surface area contributed by atoms with E-state index in [0.29, 0.717) is 19.1 Å². The number of rotatable bonds is 10. The van der Waals surface area contributed by atoms with Crippen LogP contribution in [0.2, 0.25) is 0 Å². The molecule has 2 aliphatic rings. The summed E-state index contributed by atoms with van der Waals surface area (Å²) in [5.41, 5.74) is 3.45. The van der Waals surface area contributed by atoms with Crippen LogP contribution in [0, 0.1) is 17.8 Å². The van der Waals surface area contributed by atoms with Gasteiger partial charge in [0.2, 0.25) is 0 Å². The van der Waals surface area contributed by atoms with Crippen LogP contribution in [0.5, 0.6) is 5.75 Å². The predicted octanol–water partition coefficient (Wildman–Crippen LogP) is 8.72. The van der Waals surface area contributed by atoms with Gasteiger partial charge in [-0.25, -0.2) is 4.79 Å². The van der Waals surface area contributed by atoms with Gasteiger partial charge in [0.15, 0.2) is 0 Å². The molecule has 2 aromatic rings. The summed E-state index contributed by atoms with van der Waals surface area (Å²) in [6, 6.07) is 16.8. The van der Waals surface area contributed by atoms with Crippen LogP contribution in [0.1, 0.15) is 101 Å². The van der Waals surface area contributed by atoms with Gasteiger partial charge in [-0.1, -0.05) is 69.0 Å². The number of carbonyl (C=O) groups is 1. The van der Waals surface area contributed by atoms with Gasteiger partial charge in [-0.2, -0.15) is 0 Å². The van der Waals surface area contributed by atoms with Gasteiger partial charge in [0.25, 0.3) is 0 Å². The van der Waals surface area contributed by atoms with E-state index in [0.717, 1.165) is 34.6 Å². The summed E-state index contributed by atoms with van der Waals surface area (Å²) in [6.07, 6.45) is 17.2. The number of benzene rings is 2. The van der Waals surface area contributed by atoms with Gasteiger partial charge < -0.3 is 9.47 Å². The molecule has 0 atom stereocenters. The molecule has 4 rings (SSSR count). The normalized spacial score (nSPS) is 24.5. The maximum absolute atomic E-state index is 12.0. The summed E-state index contributed by atoms with van der Waals surface area (Å²) in [5.74, 6) is 3.95. The average molecular weight is 489 g/mol. The molecule has 36 heavy (non-hydrogen) atoms. The lowest BCUT2D eigenvalue weighted by molar-refractivity contribution is -0.137. The Morgan fingerprint density at radius 3 is 2.25 bits per heavy atom. The average Bonchev–Trinajstić information content (AvgIpc) is 2.92. The quantitative estimate of drug-likeness (QED) is 0.248. The van der Waals surface area contributed by atoms with Gasteiger partial charge in [0.05, 0.1) is 6.61 Å². The van der Waals surface area contributed by atoms with Crippen molar-refractivity contribution in [3.8, 4) is 5.75 Å². The van der Waals surface area contributed by atoms with Gasteiger partial charge in [-0.3, -0.25) is 0 Å². The van der Waals surface area contributed by atoms with E-state index in [1.807, 2.05) is 31.2 Å². The van der Waals surface area contributed by atoms with E-state index in [2.05, 4.69) is 37.3 Å². The van der Waals surface area contributed by atoms with E-state index >= 15 is 0 Å². The molecule has 2 aromatic carbocycles. The molecule has 0 amide bonds.